The van der Waals surface area contributed by atoms with Gasteiger partial charge in [0.25, 0.3) is 0 Å². The Kier molecular flexibility index (Phi) is 3.20. The first-order valence-corrected chi connectivity index (χ1v) is 6.48. The van der Waals surface area contributed by atoms with Crippen molar-refractivity contribution >= 4 is 0 Å². The third-order valence-electron chi connectivity index (χ3n) is 4.52. The summed E-state index contributed by atoms with van der Waals surface area (Å²) >= 11 is 0. The Morgan fingerprint density at radius 2 is 2.20 bits per heavy atom. The van der Waals surface area contributed by atoms with Crippen LogP contribution in [0.2, 0.25) is 0 Å². The minimum Gasteiger partial charge on any atom is -0.300 e. The van der Waals surface area contributed by atoms with Crippen molar-refractivity contribution in [1.82, 2.24) is 4.90 Å². The predicted octanol–water partition coefficient (Wildman–Crippen LogP) is 3.46. The van der Waals surface area contributed by atoms with E-state index in [1.807, 2.05) is 0 Å². The highest BCUT2D eigenvalue weighted by Crippen LogP contribution is 2.42. The highest BCUT2D eigenvalue weighted by molar-refractivity contribution is 4.95. The summed E-state index contributed by atoms with van der Waals surface area (Å²) in [6, 6.07) is 0.884. The summed E-state index contributed by atoms with van der Waals surface area (Å²) in [5.41, 5.74) is 0.521. The van der Waals surface area contributed by atoms with Crippen molar-refractivity contribution in [2.45, 2.75) is 52.0 Å². The van der Waals surface area contributed by atoms with Crippen molar-refractivity contribution in [3.63, 3.8) is 0 Å². The van der Waals surface area contributed by atoms with Crippen molar-refractivity contribution in [2.24, 2.45) is 11.3 Å². The predicted molar refractivity (Wildman–Crippen MR) is 65.9 cm³/mol. The number of fused-ring (bicyclic) bond motifs is 1. The molecule has 2 heterocycles. The molecule has 2 aliphatic rings. The van der Waals surface area contributed by atoms with E-state index in [-0.39, 0.29) is 0 Å². The zero-order valence-electron chi connectivity index (χ0n) is 10.3. The number of allylic oxidation sites excluding steroid dienone is 1. The van der Waals surface area contributed by atoms with Gasteiger partial charge in [-0.05, 0) is 43.6 Å². The molecule has 0 aromatic rings. The molecule has 15 heavy (non-hydrogen) atoms. The summed E-state index contributed by atoms with van der Waals surface area (Å²) in [7, 11) is 0. The van der Waals surface area contributed by atoms with Crippen LogP contribution in [-0.4, -0.2) is 24.0 Å². The van der Waals surface area contributed by atoms with E-state index in [2.05, 4.69) is 31.4 Å². The SMILES string of the molecule is C=CCC1CN2CCCCC2CC1(C)C. The third kappa shape index (κ3) is 2.28. The summed E-state index contributed by atoms with van der Waals surface area (Å²) in [6.45, 7) is 11.5. The first-order valence-electron chi connectivity index (χ1n) is 6.48. The van der Waals surface area contributed by atoms with Crippen LogP contribution in [0.25, 0.3) is 0 Å². The van der Waals surface area contributed by atoms with Gasteiger partial charge in [-0.25, -0.2) is 0 Å². The molecule has 0 N–H and O–H groups in total. The molecule has 86 valence electrons. The van der Waals surface area contributed by atoms with Crippen molar-refractivity contribution < 1.29 is 0 Å². The second kappa shape index (κ2) is 4.29. The highest BCUT2D eigenvalue weighted by Gasteiger charge is 2.40. The van der Waals surface area contributed by atoms with Crippen LogP contribution in [-0.2, 0) is 0 Å². The van der Waals surface area contributed by atoms with Gasteiger partial charge < -0.3 is 4.90 Å². The average Bonchev–Trinajstić information content (AvgIpc) is 2.18. The fourth-order valence-electron chi connectivity index (χ4n) is 3.43. The quantitative estimate of drug-likeness (QED) is 0.627. The molecule has 2 fully saturated rings. The van der Waals surface area contributed by atoms with Gasteiger partial charge in [0.2, 0.25) is 0 Å². The first kappa shape index (κ1) is 11.2. The second-order valence-corrected chi connectivity index (χ2v) is 6.06. The van der Waals surface area contributed by atoms with Gasteiger partial charge >= 0.3 is 0 Å². The zero-order chi connectivity index (χ0) is 10.9. The maximum Gasteiger partial charge on any atom is 0.0101 e. The average molecular weight is 207 g/mol. The molecule has 0 radical (unpaired) electrons. The molecule has 1 heteroatoms. The van der Waals surface area contributed by atoms with Crippen LogP contribution in [0.5, 0.6) is 0 Å². The molecule has 0 spiro atoms. The molecule has 0 saturated carbocycles. The van der Waals surface area contributed by atoms with Crippen LogP contribution < -0.4 is 0 Å². The van der Waals surface area contributed by atoms with E-state index >= 15 is 0 Å². The molecule has 0 aromatic heterocycles. The molecule has 2 rings (SSSR count). The van der Waals surface area contributed by atoms with E-state index < -0.39 is 0 Å². The summed E-state index contributed by atoms with van der Waals surface area (Å²) in [6.07, 6.45) is 8.99. The van der Waals surface area contributed by atoms with Crippen molar-refractivity contribution in [3.8, 4) is 0 Å². The van der Waals surface area contributed by atoms with Crippen molar-refractivity contribution in [3.05, 3.63) is 12.7 Å². The lowest BCUT2D eigenvalue weighted by Gasteiger charge is -2.50. The van der Waals surface area contributed by atoms with E-state index in [9.17, 15) is 0 Å². The van der Waals surface area contributed by atoms with Crippen LogP contribution in [0.1, 0.15) is 46.0 Å². The molecule has 2 atom stereocenters. The van der Waals surface area contributed by atoms with Gasteiger partial charge in [-0.2, -0.15) is 0 Å². The van der Waals surface area contributed by atoms with Crippen LogP contribution in [0.3, 0.4) is 0 Å². The minimum absolute atomic E-state index is 0.521. The summed E-state index contributed by atoms with van der Waals surface area (Å²) in [5, 5.41) is 0. The molecular formula is C14H25N. The molecule has 0 bridgehead atoms. The number of hydrogen-bond donors (Lipinski definition) is 0. The first-order chi connectivity index (χ1) is 7.13. The lowest BCUT2D eigenvalue weighted by atomic mass is 9.68. The molecule has 2 unspecified atom stereocenters. The van der Waals surface area contributed by atoms with Gasteiger partial charge in [-0.15, -0.1) is 6.58 Å². The van der Waals surface area contributed by atoms with Crippen molar-refractivity contribution in [2.75, 3.05) is 13.1 Å². The monoisotopic (exact) mass is 207 g/mol. The van der Waals surface area contributed by atoms with Gasteiger partial charge in [0, 0.05) is 12.6 Å². The van der Waals surface area contributed by atoms with E-state index in [0.29, 0.717) is 5.41 Å². The summed E-state index contributed by atoms with van der Waals surface area (Å²) in [5.74, 6) is 0.823. The normalized spacial score (nSPS) is 35.9. The molecule has 2 aliphatic heterocycles. The molecule has 1 nitrogen and oxygen atoms in total. The molecule has 0 aromatic carbocycles. The maximum atomic E-state index is 3.91. The molecule has 0 amide bonds. The summed E-state index contributed by atoms with van der Waals surface area (Å²) in [4.78, 5) is 2.74. The van der Waals surface area contributed by atoms with Crippen LogP contribution >= 0.6 is 0 Å². The Morgan fingerprint density at radius 1 is 1.40 bits per heavy atom. The zero-order valence-corrected chi connectivity index (χ0v) is 10.3. The number of nitrogens with zero attached hydrogens (tertiary/aromatic N) is 1. The van der Waals surface area contributed by atoms with Gasteiger partial charge in [0.05, 0.1) is 0 Å². The number of rotatable bonds is 2. The standard InChI is InChI=1S/C14H25N/c1-4-7-12-11-15-9-6-5-8-13(15)10-14(12,2)3/h4,12-13H,1,5-11H2,2-3H3. The van der Waals surface area contributed by atoms with Gasteiger partial charge in [0.15, 0.2) is 0 Å². The van der Waals surface area contributed by atoms with E-state index in [0.717, 1.165) is 12.0 Å². The van der Waals surface area contributed by atoms with E-state index in [4.69, 9.17) is 0 Å². The smallest absolute Gasteiger partial charge is 0.0101 e. The van der Waals surface area contributed by atoms with Gasteiger partial charge in [-0.3, -0.25) is 0 Å². The maximum absolute atomic E-state index is 3.91. The Morgan fingerprint density at radius 3 is 2.93 bits per heavy atom. The number of piperidine rings is 2. The highest BCUT2D eigenvalue weighted by atomic mass is 15.2. The number of hydrogen-bond acceptors (Lipinski definition) is 1. The van der Waals surface area contributed by atoms with E-state index in [1.54, 1.807) is 0 Å². The summed E-state index contributed by atoms with van der Waals surface area (Å²) < 4.78 is 0. The lowest BCUT2D eigenvalue weighted by molar-refractivity contribution is -0.00408. The van der Waals surface area contributed by atoms with Crippen molar-refractivity contribution in [1.29, 1.82) is 0 Å². The molecule has 2 saturated heterocycles. The fraction of sp³-hybridized carbons (Fsp3) is 0.857. The lowest BCUT2D eigenvalue weighted by Crippen LogP contribution is -2.52. The largest absolute Gasteiger partial charge is 0.300 e. The second-order valence-electron chi connectivity index (χ2n) is 6.06. The fourth-order valence-corrected chi connectivity index (χ4v) is 3.43. The topological polar surface area (TPSA) is 3.24 Å². The van der Waals surface area contributed by atoms with Gasteiger partial charge in [-0.1, -0.05) is 26.3 Å². The van der Waals surface area contributed by atoms with E-state index in [1.165, 1.54) is 45.2 Å². The van der Waals surface area contributed by atoms with Crippen LogP contribution in [0.15, 0.2) is 12.7 Å². The Bertz CT molecular complexity index is 231. The molecule has 0 aliphatic carbocycles. The Labute approximate surface area is 94.5 Å². The van der Waals surface area contributed by atoms with Crippen LogP contribution in [0.4, 0.5) is 0 Å². The van der Waals surface area contributed by atoms with Crippen LogP contribution in [0, 0.1) is 11.3 Å². The third-order valence-corrected chi connectivity index (χ3v) is 4.52. The Hall–Kier alpha value is -0.300. The Balaban J connectivity index is 2.05. The van der Waals surface area contributed by atoms with Gasteiger partial charge in [0.1, 0.15) is 0 Å². The minimum atomic E-state index is 0.521. The molecular weight excluding hydrogens is 182 g/mol.